The lowest BCUT2D eigenvalue weighted by Gasteiger charge is -2.30. The maximum absolute atomic E-state index is 5.94. The Hall–Kier alpha value is -1.97. The van der Waals surface area contributed by atoms with Crippen molar-refractivity contribution in [1.29, 1.82) is 0 Å². The number of nitrogens with zero attached hydrogens (tertiary/aromatic N) is 3. The molecular formula is C12H14N4. The van der Waals surface area contributed by atoms with Crippen LogP contribution in [-0.2, 0) is 13.1 Å². The zero-order valence-corrected chi connectivity index (χ0v) is 9.00. The maximum atomic E-state index is 5.94. The molecule has 82 valence electrons. The monoisotopic (exact) mass is 214 g/mol. The van der Waals surface area contributed by atoms with Gasteiger partial charge in [0.1, 0.15) is 0 Å². The molecule has 2 aromatic heterocycles. The van der Waals surface area contributed by atoms with Crippen LogP contribution in [0.2, 0.25) is 0 Å². The molecule has 0 spiro atoms. The minimum Gasteiger partial charge on any atom is -0.396 e. The van der Waals surface area contributed by atoms with Crippen LogP contribution in [0.25, 0.3) is 0 Å². The van der Waals surface area contributed by atoms with E-state index in [0.717, 1.165) is 31.1 Å². The third-order valence-corrected chi connectivity index (χ3v) is 3.00. The summed E-state index contributed by atoms with van der Waals surface area (Å²) in [4.78, 5) is 6.58. The van der Waals surface area contributed by atoms with Gasteiger partial charge in [-0.3, -0.25) is 0 Å². The summed E-state index contributed by atoms with van der Waals surface area (Å²) in [5.74, 6) is 0.898. The molecule has 2 aromatic rings. The molecule has 16 heavy (non-hydrogen) atoms. The molecule has 1 aliphatic heterocycles. The van der Waals surface area contributed by atoms with Crippen molar-refractivity contribution in [1.82, 2.24) is 9.55 Å². The van der Waals surface area contributed by atoms with E-state index in [4.69, 9.17) is 5.73 Å². The fourth-order valence-corrected chi connectivity index (χ4v) is 2.17. The molecule has 0 aromatic carbocycles. The van der Waals surface area contributed by atoms with Crippen LogP contribution in [0.3, 0.4) is 0 Å². The predicted molar refractivity (Wildman–Crippen MR) is 64.1 cm³/mol. The molecular weight excluding hydrogens is 200 g/mol. The van der Waals surface area contributed by atoms with Crippen LogP contribution in [0.4, 0.5) is 11.5 Å². The Bertz CT molecular complexity index is 503. The molecule has 0 saturated heterocycles. The second-order valence-corrected chi connectivity index (χ2v) is 4.03. The Morgan fingerprint density at radius 1 is 1.19 bits per heavy atom. The van der Waals surface area contributed by atoms with E-state index in [-0.39, 0.29) is 0 Å². The molecule has 0 amide bonds. The number of fused-ring (bicyclic) bond motifs is 1. The van der Waals surface area contributed by atoms with Crippen molar-refractivity contribution in [2.45, 2.75) is 13.1 Å². The van der Waals surface area contributed by atoms with E-state index < -0.39 is 0 Å². The van der Waals surface area contributed by atoms with Crippen molar-refractivity contribution in [2.75, 3.05) is 17.2 Å². The third kappa shape index (κ3) is 1.43. The van der Waals surface area contributed by atoms with E-state index >= 15 is 0 Å². The molecule has 0 fully saturated rings. The lowest BCUT2D eigenvalue weighted by atomic mass is 10.3. The largest absolute Gasteiger partial charge is 0.396 e. The van der Waals surface area contributed by atoms with Crippen molar-refractivity contribution < 1.29 is 0 Å². The lowest BCUT2D eigenvalue weighted by molar-refractivity contribution is 0.569. The summed E-state index contributed by atoms with van der Waals surface area (Å²) in [6.45, 7) is 2.84. The number of anilines is 2. The molecule has 2 N–H and O–H groups in total. The first-order chi connectivity index (χ1) is 7.84. The summed E-state index contributed by atoms with van der Waals surface area (Å²) in [7, 11) is 0. The molecule has 4 heteroatoms. The lowest BCUT2D eigenvalue weighted by Crippen LogP contribution is -2.34. The molecule has 0 aliphatic carbocycles. The van der Waals surface area contributed by atoms with Crippen LogP contribution < -0.4 is 10.6 Å². The molecule has 0 bridgehead atoms. The summed E-state index contributed by atoms with van der Waals surface area (Å²) in [5, 5.41) is 0. The minimum absolute atomic E-state index is 0.752. The molecule has 0 unspecified atom stereocenters. The smallest absolute Gasteiger partial charge is 0.152 e. The molecule has 0 atom stereocenters. The van der Waals surface area contributed by atoms with Crippen LogP contribution >= 0.6 is 0 Å². The van der Waals surface area contributed by atoms with Crippen LogP contribution in [0.5, 0.6) is 0 Å². The van der Waals surface area contributed by atoms with Crippen LogP contribution in [0.1, 0.15) is 5.69 Å². The summed E-state index contributed by atoms with van der Waals surface area (Å²) in [6.07, 6.45) is 3.91. The summed E-state index contributed by atoms with van der Waals surface area (Å²) in [6, 6.07) is 7.99. The number of nitrogen functional groups attached to an aromatic ring is 1. The Kier molecular flexibility index (Phi) is 2.06. The van der Waals surface area contributed by atoms with Gasteiger partial charge in [0.2, 0.25) is 0 Å². The standard InChI is InChI=1S/C12H14N4/c13-11-4-1-5-14-12(11)16-8-7-15-6-2-3-10(15)9-16/h1-6H,7-9,13H2. The highest BCUT2D eigenvalue weighted by Gasteiger charge is 2.17. The van der Waals surface area contributed by atoms with Crippen molar-refractivity contribution in [3.8, 4) is 0 Å². The van der Waals surface area contributed by atoms with E-state index in [1.54, 1.807) is 6.20 Å². The summed E-state index contributed by atoms with van der Waals surface area (Å²) >= 11 is 0. The van der Waals surface area contributed by atoms with Gasteiger partial charge in [-0.15, -0.1) is 0 Å². The van der Waals surface area contributed by atoms with Crippen molar-refractivity contribution in [3.05, 3.63) is 42.4 Å². The van der Waals surface area contributed by atoms with Gasteiger partial charge in [0.15, 0.2) is 5.82 Å². The van der Waals surface area contributed by atoms with E-state index in [1.165, 1.54) is 5.69 Å². The Morgan fingerprint density at radius 2 is 2.12 bits per heavy atom. The first kappa shape index (κ1) is 9.27. The van der Waals surface area contributed by atoms with Gasteiger partial charge in [0, 0.05) is 31.2 Å². The SMILES string of the molecule is Nc1cccnc1N1CCn2cccc2C1. The van der Waals surface area contributed by atoms with Crippen LogP contribution in [-0.4, -0.2) is 16.1 Å². The predicted octanol–water partition coefficient (Wildman–Crippen LogP) is 1.49. The molecule has 3 rings (SSSR count). The van der Waals surface area contributed by atoms with Crippen LogP contribution in [0.15, 0.2) is 36.7 Å². The van der Waals surface area contributed by atoms with Gasteiger partial charge in [-0.2, -0.15) is 0 Å². The number of pyridine rings is 1. The average Bonchev–Trinajstić information content (AvgIpc) is 2.76. The van der Waals surface area contributed by atoms with Gasteiger partial charge in [-0.05, 0) is 24.3 Å². The van der Waals surface area contributed by atoms with E-state index in [1.807, 2.05) is 12.1 Å². The molecule has 1 aliphatic rings. The van der Waals surface area contributed by atoms with Crippen molar-refractivity contribution in [2.24, 2.45) is 0 Å². The van der Waals surface area contributed by atoms with Gasteiger partial charge < -0.3 is 15.2 Å². The maximum Gasteiger partial charge on any atom is 0.152 e. The molecule has 0 radical (unpaired) electrons. The second kappa shape index (κ2) is 3.56. The fourth-order valence-electron chi connectivity index (χ4n) is 2.17. The van der Waals surface area contributed by atoms with Gasteiger partial charge in [0.25, 0.3) is 0 Å². The highest BCUT2D eigenvalue weighted by molar-refractivity contribution is 5.62. The quantitative estimate of drug-likeness (QED) is 0.782. The van der Waals surface area contributed by atoms with Crippen molar-refractivity contribution >= 4 is 11.5 Å². The molecule has 3 heterocycles. The zero-order chi connectivity index (χ0) is 11.0. The number of nitrogens with two attached hydrogens (primary N) is 1. The van der Waals surface area contributed by atoms with E-state index in [9.17, 15) is 0 Å². The Morgan fingerprint density at radius 3 is 3.00 bits per heavy atom. The first-order valence-corrected chi connectivity index (χ1v) is 5.44. The average molecular weight is 214 g/mol. The zero-order valence-electron chi connectivity index (χ0n) is 9.00. The van der Waals surface area contributed by atoms with E-state index in [2.05, 4.69) is 32.8 Å². The fraction of sp³-hybridized carbons (Fsp3) is 0.250. The van der Waals surface area contributed by atoms with Crippen molar-refractivity contribution in [3.63, 3.8) is 0 Å². The van der Waals surface area contributed by atoms with Gasteiger partial charge >= 0.3 is 0 Å². The number of hydrogen-bond donors (Lipinski definition) is 1. The first-order valence-electron chi connectivity index (χ1n) is 5.44. The highest BCUT2D eigenvalue weighted by atomic mass is 15.2. The summed E-state index contributed by atoms with van der Waals surface area (Å²) in [5.41, 5.74) is 8.00. The van der Waals surface area contributed by atoms with Crippen LogP contribution in [0, 0.1) is 0 Å². The van der Waals surface area contributed by atoms with Gasteiger partial charge in [-0.25, -0.2) is 4.98 Å². The highest BCUT2D eigenvalue weighted by Crippen LogP contribution is 2.23. The summed E-state index contributed by atoms with van der Waals surface area (Å²) < 4.78 is 2.27. The topological polar surface area (TPSA) is 47.1 Å². The van der Waals surface area contributed by atoms with Gasteiger partial charge in [0.05, 0.1) is 12.2 Å². The number of hydrogen-bond acceptors (Lipinski definition) is 3. The number of rotatable bonds is 1. The normalized spacial score (nSPS) is 14.9. The minimum atomic E-state index is 0.752. The molecule has 0 saturated carbocycles. The number of aromatic nitrogens is 2. The Balaban J connectivity index is 1.92. The van der Waals surface area contributed by atoms with E-state index in [0.29, 0.717) is 0 Å². The second-order valence-electron chi connectivity index (χ2n) is 4.03. The Labute approximate surface area is 94.3 Å². The third-order valence-electron chi connectivity index (χ3n) is 3.00. The molecule has 4 nitrogen and oxygen atoms in total. The van der Waals surface area contributed by atoms with Gasteiger partial charge in [-0.1, -0.05) is 0 Å².